The predicted molar refractivity (Wildman–Crippen MR) is 87.5 cm³/mol. The molecular weight excluding hydrogens is 330 g/mol. The molecule has 0 aliphatic carbocycles. The van der Waals surface area contributed by atoms with E-state index in [4.69, 9.17) is 9.72 Å². The van der Waals surface area contributed by atoms with Crippen molar-refractivity contribution in [2.75, 3.05) is 25.1 Å². The molecule has 5 heteroatoms. The number of rotatable bonds is 4. The van der Waals surface area contributed by atoms with Crippen LogP contribution in [0.4, 0.5) is 5.82 Å². The third-order valence-electron chi connectivity index (χ3n) is 3.55. The highest BCUT2D eigenvalue weighted by Crippen LogP contribution is 2.34. The molecule has 21 heavy (non-hydrogen) atoms. The van der Waals surface area contributed by atoms with Crippen LogP contribution in [0.2, 0.25) is 0 Å². The topological polar surface area (TPSA) is 47.0 Å². The minimum atomic E-state index is 0.290. The number of ether oxygens (including phenoxy) is 1. The van der Waals surface area contributed by atoms with Crippen LogP contribution in [0.25, 0.3) is 11.3 Å². The number of nitrogens with zero attached hydrogens (tertiary/aromatic N) is 2. The van der Waals surface area contributed by atoms with Gasteiger partial charge in [-0.15, -0.1) is 0 Å². The first-order chi connectivity index (χ1) is 10.3. The van der Waals surface area contributed by atoms with Crippen molar-refractivity contribution in [2.45, 2.75) is 19.3 Å². The summed E-state index contributed by atoms with van der Waals surface area (Å²) in [5.41, 5.74) is 2.02. The van der Waals surface area contributed by atoms with E-state index in [0.29, 0.717) is 6.61 Å². The lowest BCUT2D eigenvalue weighted by atomic mass is 10.1. The van der Waals surface area contributed by atoms with Gasteiger partial charge in [0, 0.05) is 24.6 Å². The first kappa shape index (κ1) is 14.5. The van der Waals surface area contributed by atoms with E-state index >= 15 is 0 Å². The summed E-state index contributed by atoms with van der Waals surface area (Å²) < 4.78 is 6.39. The zero-order chi connectivity index (χ0) is 14.7. The minimum absolute atomic E-state index is 0.290. The Bertz CT molecular complexity index is 612. The van der Waals surface area contributed by atoms with Crippen molar-refractivity contribution in [3.05, 3.63) is 40.6 Å². The van der Waals surface area contributed by atoms with Crippen molar-refractivity contribution in [1.29, 1.82) is 0 Å². The number of halogens is 1. The molecule has 1 saturated heterocycles. The molecule has 0 amide bonds. The fourth-order valence-electron chi connectivity index (χ4n) is 2.46. The summed E-state index contributed by atoms with van der Waals surface area (Å²) >= 11 is 3.64. The van der Waals surface area contributed by atoms with Gasteiger partial charge in [0.2, 0.25) is 0 Å². The van der Waals surface area contributed by atoms with Gasteiger partial charge in [0.15, 0.2) is 0 Å². The number of hydrogen-bond acceptors (Lipinski definition) is 4. The van der Waals surface area contributed by atoms with Crippen molar-refractivity contribution in [3.8, 4) is 11.3 Å². The highest BCUT2D eigenvalue weighted by Gasteiger charge is 2.23. The normalized spacial score (nSPS) is 17.9. The number of benzene rings is 1. The van der Waals surface area contributed by atoms with Gasteiger partial charge in [0.05, 0.1) is 16.8 Å². The maximum Gasteiger partial charge on any atom is 0.144 e. The second-order valence-electron chi connectivity index (χ2n) is 5.05. The van der Waals surface area contributed by atoms with Crippen molar-refractivity contribution in [1.82, 2.24) is 9.97 Å². The molecule has 1 N–H and O–H groups in total. The largest absolute Gasteiger partial charge is 0.381 e. The maximum absolute atomic E-state index is 5.48. The van der Waals surface area contributed by atoms with Gasteiger partial charge in [-0.1, -0.05) is 30.3 Å². The zero-order valence-electron chi connectivity index (χ0n) is 12.0. The first-order valence-electron chi connectivity index (χ1n) is 7.24. The van der Waals surface area contributed by atoms with Crippen LogP contribution in [0.5, 0.6) is 0 Å². The summed E-state index contributed by atoms with van der Waals surface area (Å²) in [6.45, 7) is 4.39. The Kier molecular flexibility index (Phi) is 4.51. The molecule has 1 aliphatic heterocycles. The standard InChI is InChI=1S/C16H18BrN3O/c1-2-18-16-13(17)14(11-6-4-3-5-7-11)19-15(20-16)12-8-9-21-10-12/h3-7,12H,2,8-10H2,1H3,(H,18,19,20). The molecular formula is C16H18BrN3O. The number of aromatic nitrogens is 2. The Balaban J connectivity index is 2.08. The van der Waals surface area contributed by atoms with E-state index in [2.05, 4.69) is 45.3 Å². The van der Waals surface area contributed by atoms with Gasteiger partial charge in [0.25, 0.3) is 0 Å². The van der Waals surface area contributed by atoms with Crippen molar-refractivity contribution >= 4 is 21.7 Å². The quantitative estimate of drug-likeness (QED) is 0.912. The molecule has 4 nitrogen and oxygen atoms in total. The van der Waals surface area contributed by atoms with Crippen LogP contribution in [0.15, 0.2) is 34.8 Å². The van der Waals surface area contributed by atoms with Gasteiger partial charge in [-0.25, -0.2) is 9.97 Å². The van der Waals surface area contributed by atoms with Crippen LogP contribution in [-0.2, 0) is 4.74 Å². The molecule has 1 fully saturated rings. The Morgan fingerprint density at radius 2 is 2.10 bits per heavy atom. The molecule has 1 aromatic heterocycles. The molecule has 0 spiro atoms. The first-order valence-corrected chi connectivity index (χ1v) is 8.03. The molecule has 1 atom stereocenters. The molecule has 1 aromatic carbocycles. The van der Waals surface area contributed by atoms with Crippen molar-refractivity contribution < 1.29 is 4.74 Å². The summed E-state index contributed by atoms with van der Waals surface area (Å²) in [5.74, 6) is 2.01. The third kappa shape index (κ3) is 3.09. The van der Waals surface area contributed by atoms with Crippen LogP contribution < -0.4 is 5.32 Å². The van der Waals surface area contributed by atoms with Crippen molar-refractivity contribution in [3.63, 3.8) is 0 Å². The summed E-state index contributed by atoms with van der Waals surface area (Å²) in [5, 5.41) is 3.31. The van der Waals surface area contributed by atoms with Gasteiger partial charge in [0.1, 0.15) is 11.6 Å². The zero-order valence-corrected chi connectivity index (χ0v) is 13.6. The molecule has 3 rings (SSSR count). The van der Waals surface area contributed by atoms with Crippen LogP contribution in [0, 0.1) is 0 Å². The second-order valence-corrected chi connectivity index (χ2v) is 5.84. The minimum Gasteiger partial charge on any atom is -0.381 e. The molecule has 1 aliphatic rings. The SMILES string of the molecule is CCNc1nc(C2CCOC2)nc(-c2ccccc2)c1Br. The monoisotopic (exact) mass is 347 g/mol. The van der Waals surface area contributed by atoms with Gasteiger partial charge < -0.3 is 10.1 Å². The fraction of sp³-hybridized carbons (Fsp3) is 0.375. The Labute approximate surface area is 133 Å². The molecule has 0 saturated carbocycles. The maximum atomic E-state index is 5.48. The highest BCUT2D eigenvalue weighted by atomic mass is 79.9. The summed E-state index contributed by atoms with van der Waals surface area (Å²) in [6.07, 6.45) is 0.988. The number of hydrogen-bond donors (Lipinski definition) is 1. The lowest BCUT2D eigenvalue weighted by Crippen LogP contribution is -2.10. The smallest absolute Gasteiger partial charge is 0.144 e. The van der Waals surface area contributed by atoms with Gasteiger partial charge in [-0.3, -0.25) is 0 Å². The number of nitrogens with one attached hydrogen (secondary N) is 1. The predicted octanol–water partition coefficient (Wildman–Crippen LogP) is 3.84. The average Bonchev–Trinajstić information content (AvgIpc) is 3.05. The van der Waals surface area contributed by atoms with Crippen LogP contribution in [-0.4, -0.2) is 29.7 Å². The van der Waals surface area contributed by atoms with E-state index in [0.717, 1.165) is 46.9 Å². The van der Waals surface area contributed by atoms with E-state index in [9.17, 15) is 0 Å². The average molecular weight is 348 g/mol. The van der Waals surface area contributed by atoms with Gasteiger partial charge >= 0.3 is 0 Å². The highest BCUT2D eigenvalue weighted by molar-refractivity contribution is 9.10. The molecule has 110 valence electrons. The Morgan fingerprint density at radius 3 is 2.76 bits per heavy atom. The van der Waals surface area contributed by atoms with Gasteiger partial charge in [-0.05, 0) is 29.3 Å². The molecule has 2 aromatic rings. The summed E-state index contributed by atoms with van der Waals surface area (Å²) in [7, 11) is 0. The van der Waals surface area contributed by atoms with E-state index in [1.54, 1.807) is 0 Å². The van der Waals surface area contributed by atoms with E-state index < -0.39 is 0 Å². The Hall–Kier alpha value is -1.46. The van der Waals surface area contributed by atoms with Gasteiger partial charge in [-0.2, -0.15) is 0 Å². The van der Waals surface area contributed by atoms with Crippen LogP contribution in [0.3, 0.4) is 0 Å². The molecule has 0 bridgehead atoms. The van der Waals surface area contributed by atoms with Crippen LogP contribution in [0.1, 0.15) is 25.1 Å². The molecule has 2 heterocycles. The second kappa shape index (κ2) is 6.54. The number of anilines is 1. The molecule has 1 unspecified atom stereocenters. The summed E-state index contributed by atoms with van der Waals surface area (Å²) in [4.78, 5) is 9.47. The lowest BCUT2D eigenvalue weighted by molar-refractivity contribution is 0.193. The van der Waals surface area contributed by atoms with Crippen molar-refractivity contribution in [2.24, 2.45) is 0 Å². The fourth-order valence-corrected chi connectivity index (χ4v) is 3.00. The molecule has 0 radical (unpaired) electrons. The van der Waals surface area contributed by atoms with E-state index in [1.165, 1.54) is 0 Å². The Morgan fingerprint density at radius 1 is 1.29 bits per heavy atom. The lowest BCUT2D eigenvalue weighted by Gasteiger charge is -2.14. The van der Waals surface area contributed by atoms with E-state index in [-0.39, 0.29) is 5.92 Å². The van der Waals surface area contributed by atoms with Crippen LogP contribution >= 0.6 is 15.9 Å². The third-order valence-corrected chi connectivity index (χ3v) is 4.31. The van der Waals surface area contributed by atoms with E-state index in [1.807, 2.05) is 18.2 Å². The summed E-state index contributed by atoms with van der Waals surface area (Å²) in [6, 6.07) is 10.2.